The summed E-state index contributed by atoms with van der Waals surface area (Å²) in [6.45, 7) is 0. The number of nitrogens with one attached hydrogen (secondary N) is 1. The summed E-state index contributed by atoms with van der Waals surface area (Å²) < 4.78 is 49.9. The Bertz CT molecular complexity index is 1560. The van der Waals surface area contributed by atoms with Gasteiger partial charge in [0, 0.05) is 11.6 Å². The summed E-state index contributed by atoms with van der Waals surface area (Å²) in [4.78, 5) is 36.1. The van der Waals surface area contributed by atoms with Crippen molar-refractivity contribution in [2.75, 3.05) is 7.11 Å². The largest absolute Gasteiger partial charge is 0.497 e. The van der Waals surface area contributed by atoms with Gasteiger partial charge in [-0.05, 0) is 88.3 Å². The quantitative estimate of drug-likeness (QED) is 0.129. The molecule has 0 aliphatic carbocycles. The molecule has 1 aliphatic rings. The number of alkyl halides is 3. The van der Waals surface area contributed by atoms with Crippen molar-refractivity contribution in [1.82, 2.24) is 10.4 Å². The average molecular weight is 654 g/mol. The Kier molecular flexibility index (Phi) is 8.46. The van der Waals surface area contributed by atoms with Crippen molar-refractivity contribution in [2.24, 2.45) is 0 Å². The van der Waals surface area contributed by atoms with E-state index in [1.807, 2.05) is 0 Å². The minimum atomic E-state index is -4.76. The molecule has 2 amide bonds. The van der Waals surface area contributed by atoms with E-state index in [4.69, 9.17) is 21.7 Å². The molecule has 1 fully saturated rings. The zero-order chi connectivity index (χ0) is 29.2. The van der Waals surface area contributed by atoms with Crippen LogP contribution in [0.4, 0.5) is 18.9 Å². The molecule has 0 atom stereocenters. The summed E-state index contributed by atoms with van der Waals surface area (Å²) in [5.74, 6) is -0.861. The zero-order valence-electron chi connectivity index (χ0n) is 20.0. The number of rotatable bonds is 7. The molecule has 40 heavy (non-hydrogen) atoms. The maximum absolute atomic E-state index is 13.0. The van der Waals surface area contributed by atoms with E-state index in [0.29, 0.717) is 27.9 Å². The lowest BCUT2D eigenvalue weighted by atomic mass is 10.1. The molecule has 3 aromatic carbocycles. The van der Waals surface area contributed by atoms with Crippen LogP contribution in [-0.2, 0) is 11.0 Å². The average Bonchev–Trinajstić information content (AvgIpc) is 3.16. The smallest absolute Gasteiger partial charge is 0.416 e. The van der Waals surface area contributed by atoms with E-state index in [1.54, 1.807) is 12.1 Å². The number of nitrogens with zero attached hydrogens (tertiary/aromatic N) is 2. The fourth-order valence-corrected chi connectivity index (χ4v) is 5.01. The van der Waals surface area contributed by atoms with Gasteiger partial charge in [-0.15, -0.1) is 0 Å². The third kappa shape index (κ3) is 6.43. The van der Waals surface area contributed by atoms with Gasteiger partial charge >= 0.3 is 11.9 Å². The van der Waals surface area contributed by atoms with Crippen LogP contribution < -0.4 is 14.9 Å². The number of thioether (sulfide) groups is 1. The topological polar surface area (TPSA) is 111 Å². The number of thiocarbonyl (C=S) groups is 1. The third-order valence-corrected chi connectivity index (χ3v) is 7.24. The highest BCUT2D eigenvalue weighted by Gasteiger charge is 2.35. The number of hydrogen-bond donors (Lipinski definition) is 1. The van der Waals surface area contributed by atoms with Crippen LogP contribution in [0.5, 0.6) is 17.2 Å². The molecule has 3 aromatic rings. The maximum atomic E-state index is 13.0. The summed E-state index contributed by atoms with van der Waals surface area (Å²) in [7, 11) is 1.49. The maximum Gasteiger partial charge on any atom is 0.416 e. The Morgan fingerprint density at radius 2 is 1.80 bits per heavy atom. The number of nitro groups is 1. The standard InChI is InChI=1S/C25H15BrF3N3O6S2/c1-37-16-6-3-14(4-7-16)22(33)30-31-23(34)21(40-24(31)39)11-13-2-8-19(17(26)10-13)38-20-9-5-15(25(27,28)29)12-18(20)32(35)36/h2-12H,1H3,(H,30,33)/b21-11+. The van der Waals surface area contributed by atoms with Crippen molar-refractivity contribution < 1.29 is 37.2 Å². The Morgan fingerprint density at radius 1 is 1.12 bits per heavy atom. The number of carbonyl (C=O) groups is 2. The summed E-state index contributed by atoms with van der Waals surface area (Å²) in [5, 5.41) is 12.3. The van der Waals surface area contributed by atoms with Gasteiger partial charge in [0.05, 0.1) is 27.0 Å². The van der Waals surface area contributed by atoms with Gasteiger partial charge < -0.3 is 9.47 Å². The van der Waals surface area contributed by atoms with E-state index in [9.17, 15) is 32.9 Å². The molecule has 4 rings (SSSR count). The molecule has 0 bridgehead atoms. The van der Waals surface area contributed by atoms with Crippen LogP contribution in [0.1, 0.15) is 21.5 Å². The lowest BCUT2D eigenvalue weighted by Crippen LogP contribution is -2.44. The van der Waals surface area contributed by atoms with Crippen molar-refractivity contribution in [3.63, 3.8) is 0 Å². The second kappa shape index (κ2) is 11.7. The van der Waals surface area contributed by atoms with Gasteiger partial charge in [0.1, 0.15) is 11.5 Å². The molecule has 1 aliphatic heterocycles. The Morgan fingerprint density at radius 3 is 2.40 bits per heavy atom. The number of nitro benzene ring substituents is 1. The normalized spacial score (nSPS) is 14.4. The molecule has 9 nitrogen and oxygen atoms in total. The lowest BCUT2D eigenvalue weighted by Gasteiger charge is -2.15. The van der Waals surface area contributed by atoms with E-state index in [-0.39, 0.29) is 26.3 Å². The number of hydrogen-bond acceptors (Lipinski definition) is 8. The van der Waals surface area contributed by atoms with Crippen molar-refractivity contribution in [1.29, 1.82) is 0 Å². The SMILES string of the molecule is COc1ccc(C(=O)NN2C(=O)/C(=C\c3ccc(Oc4ccc(C(F)(F)F)cc4[N+](=O)[O-])c(Br)c3)SC2=S)cc1. The third-order valence-electron chi connectivity index (χ3n) is 5.32. The number of amides is 2. The molecule has 0 spiro atoms. The summed E-state index contributed by atoms with van der Waals surface area (Å²) in [5.41, 5.74) is 1.22. The Balaban J connectivity index is 1.50. The number of halogens is 4. The van der Waals surface area contributed by atoms with Crippen LogP contribution in [0.2, 0.25) is 0 Å². The van der Waals surface area contributed by atoms with E-state index >= 15 is 0 Å². The minimum Gasteiger partial charge on any atom is -0.497 e. The van der Waals surface area contributed by atoms with Crippen molar-refractivity contribution in [3.05, 3.63) is 96.8 Å². The molecule has 1 N–H and O–H groups in total. The van der Waals surface area contributed by atoms with Gasteiger partial charge in [0.15, 0.2) is 4.32 Å². The first-order valence-corrected chi connectivity index (χ1v) is 12.9. The number of hydrazine groups is 1. The highest BCUT2D eigenvalue weighted by Crippen LogP contribution is 2.40. The molecule has 1 heterocycles. The summed E-state index contributed by atoms with van der Waals surface area (Å²) >= 11 is 9.47. The first-order chi connectivity index (χ1) is 18.9. The van der Waals surface area contributed by atoms with Crippen LogP contribution >= 0.6 is 39.9 Å². The van der Waals surface area contributed by atoms with Crippen molar-refractivity contribution in [2.45, 2.75) is 6.18 Å². The molecule has 206 valence electrons. The molecule has 0 saturated carbocycles. The molecule has 0 radical (unpaired) electrons. The van der Waals surface area contributed by atoms with Gasteiger partial charge in [-0.25, -0.2) is 0 Å². The van der Waals surface area contributed by atoms with E-state index < -0.39 is 34.2 Å². The first-order valence-electron chi connectivity index (χ1n) is 10.9. The number of benzene rings is 3. The van der Waals surface area contributed by atoms with Gasteiger partial charge in [-0.2, -0.15) is 18.2 Å². The second-order valence-corrected chi connectivity index (χ2v) is 10.4. The Hall–Kier alpha value is -3.95. The van der Waals surface area contributed by atoms with E-state index in [2.05, 4.69) is 21.4 Å². The molecule has 15 heteroatoms. The highest BCUT2D eigenvalue weighted by atomic mass is 79.9. The van der Waals surface area contributed by atoms with Crippen LogP contribution in [0.25, 0.3) is 6.08 Å². The fourth-order valence-electron chi connectivity index (χ4n) is 3.35. The van der Waals surface area contributed by atoms with Gasteiger partial charge in [0.2, 0.25) is 5.75 Å². The number of ether oxygens (including phenoxy) is 2. The van der Waals surface area contributed by atoms with Crippen LogP contribution in [0, 0.1) is 10.1 Å². The molecular weight excluding hydrogens is 639 g/mol. The number of methoxy groups -OCH3 is 1. The molecule has 0 unspecified atom stereocenters. The van der Waals surface area contributed by atoms with Gasteiger partial charge in [-0.3, -0.25) is 25.1 Å². The first kappa shape index (κ1) is 29.0. The highest BCUT2D eigenvalue weighted by molar-refractivity contribution is 9.10. The molecule has 0 aromatic heterocycles. The monoisotopic (exact) mass is 653 g/mol. The molecule has 1 saturated heterocycles. The van der Waals surface area contributed by atoms with Crippen LogP contribution in [0.15, 0.2) is 70.0 Å². The molecular formula is C25H15BrF3N3O6S2. The fraction of sp³-hybridized carbons (Fsp3) is 0.0800. The summed E-state index contributed by atoms with van der Waals surface area (Å²) in [6.07, 6.45) is -3.25. The van der Waals surface area contributed by atoms with Crippen LogP contribution in [-0.4, -0.2) is 33.2 Å². The van der Waals surface area contributed by atoms with Crippen LogP contribution in [0.3, 0.4) is 0 Å². The Labute approximate surface area is 242 Å². The van der Waals surface area contributed by atoms with Gasteiger partial charge in [0.25, 0.3) is 11.8 Å². The predicted octanol–water partition coefficient (Wildman–Crippen LogP) is 6.72. The van der Waals surface area contributed by atoms with Crippen molar-refractivity contribution in [3.8, 4) is 17.2 Å². The zero-order valence-corrected chi connectivity index (χ0v) is 23.2. The summed E-state index contributed by atoms with van der Waals surface area (Å²) in [6, 6.07) is 12.7. The lowest BCUT2D eigenvalue weighted by molar-refractivity contribution is -0.385. The van der Waals surface area contributed by atoms with Crippen molar-refractivity contribution >= 4 is 67.8 Å². The van der Waals surface area contributed by atoms with E-state index in [0.717, 1.165) is 22.8 Å². The number of carbonyl (C=O) groups excluding carboxylic acids is 2. The minimum absolute atomic E-state index is 0.0827. The predicted molar refractivity (Wildman–Crippen MR) is 148 cm³/mol. The van der Waals surface area contributed by atoms with E-state index in [1.165, 1.54) is 43.5 Å². The second-order valence-electron chi connectivity index (χ2n) is 7.92. The van der Waals surface area contributed by atoms with Gasteiger partial charge in [-0.1, -0.05) is 17.8 Å².